The van der Waals surface area contributed by atoms with Gasteiger partial charge in [0.15, 0.2) is 17.6 Å². The lowest BCUT2D eigenvalue weighted by Gasteiger charge is -2.40. The first-order valence-corrected chi connectivity index (χ1v) is 11.7. The number of ether oxygens (including phenoxy) is 2. The minimum Gasteiger partial charge on any atom is -0.486 e. The summed E-state index contributed by atoms with van der Waals surface area (Å²) < 4.78 is 11.8. The Labute approximate surface area is 185 Å². The van der Waals surface area contributed by atoms with Crippen molar-refractivity contribution in [1.82, 2.24) is 15.1 Å². The molecule has 31 heavy (non-hydrogen) atoms. The Hall–Kier alpha value is -2.28. The van der Waals surface area contributed by atoms with Gasteiger partial charge in [-0.15, -0.1) is 0 Å². The molecule has 0 aromatic heterocycles. The number of amides is 3. The second-order valence-electron chi connectivity index (χ2n) is 9.47. The van der Waals surface area contributed by atoms with Crippen LogP contribution in [0.15, 0.2) is 24.3 Å². The monoisotopic (exact) mass is 429 g/mol. The molecule has 0 radical (unpaired) electrons. The maximum Gasteiger partial charge on any atom is 0.325 e. The molecule has 2 atom stereocenters. The molecule has 2 fully saturated rings. The molecule has 2 saturated heterocycles. The SMILES string of the molecule is CCC1(C2CCN(CCC(C)C)CC2)NC(=O)N(CC2COc3ccccc3O2)C1=O. The lowest BCUT2D eigenvalue weighted by molar-refractivity contribution is -0.135. The van der Waals surface area contributed by atoms with E-state index in [0.717, 1.165) is 32.5 Å². The maximum absolute atomic E-state index is 13.5. The van der Waals surface area contributed by atoms with Gasteiger partial charge in [-0.2, -0.15) is 0 Å². The summed E-state index contributed by atoms with van der Waals surface area (Å²) in [4.78, 5) is 30.2. The maximum atomic E-state index is 13.5. The van der Waals surface area contributed by atoms with E-state index < -0.39 is 5.54 Å². The predicted molar refractivity (Wildman–Crippen MR) is 118 cm³/mol. The molecule has 3 aliphatic heterocycles. The fourth-order valence-corrected chi connectivity index (χ4v) is 5.06. The summed E-state index contributed by atoms with van der Waals surface area (Å²) in [7, 11) is 0. The zero-order valence-corrected chi connectivity index (χ0v) is 18.9. The van der Waals surface area contributed by atoms with E-state index in [1.807, 2.05) is 31.2 Å². The third kappa shape index (κ3) is 4.38. The third-order valence-corrected chi connectivity index (χ3v) is 7.02. The molecule has 7 nitrogen and oxygen atoms in total. The van der Waals surface area contributed by atoms with E-state index >= 15 is 0 Å². The fraction of sp³-hybridized carbons (Fsp3) is 0.667. The fourth-order valence-electron chi connectivity index (χ4n) is 5.06. The number of imide groups is 1. The van der Waals surface area contributed by atoms with Crippen molar-refractivity contribution < 1.29 is 19.1 Å². The molecule has 0 bridgehead atoms. The highest BCUT2D eigenvalue weighted by atomic mass is 16.6. The Bertz CT molecular complexity index is 806. The molecule has 170 valence electrons. The molecule has 3 aliphatic rings. The predicted octanol–water partition coefficient (Wildman–Crippen LogP) is 3.29. The van der Waals surface area contributed by atoms with Crippen LogP contribution in [0.25, 0.3) is 0 Å². The Morgan fingerprint density at radius 3 is 2.55 bits per heavy atom. The standard InChI is InChI=1S/C24H35N3O4/c1-4-24(18-10-13-26(14-11-18)12-9-17(2)3)22(28)27(23(29)25-24)15-19-16-30-20-7-5-6-8-21(20)31-19/h5-8,17-19H,4,9-16H2,1-3H3,(H,25,29). The largest absolute Gasteiger partial charge is 0.486 e. The molecule has 0 aliphatic carbocycles. The molecular weight excluding hydrogens is 394 g/mol. The van der Waals surface area contributed by atoms with Crippen LogP contribution < -0.4 is 14.8 Å². The van der Waals surface area contributed by atoms with Crippen LogP contribution in [0.4, 0.5) is 4.79 Å². The number of nitrogens with one attached hydrogen (secondary N) is 1. The average Bonchev–Trinajstić information content (AvgIpc) is 3.03. The molecule has 1 N–H and O–H groups in total. The van der Waals surface area contributed by atoms with Crippen molar-refractivity contribution in [3.05, 3.63) is 24.3 Å². The first-order valence-electron chi connectivity index (χ1n) is 11.7. The molecule has 1 aromatic carbocycles. The quantitative estimate of drug-likeness (QED) is 0.674. The van der Waals surface area contributed by atoms with E-state index in [2.05, 4.69) is 24.1 Å². The minimum atomic E-state index is -0.797. The molecule has 0 spiro atoms. The van der Waals surface area contributed by atoms with Crippen LogP contribution in [0, 0.1) is 11.8 Å². The van der Waals surface area contributed by atoms with Gasteiger partial charge in [-0.3, -0.25) is 9.69 Å². The number of carbonyl (C=O) groups excluding carboxylic acids is 2. The third-order valence-electron chi connectivity index (χ3n) is 7.02. The highest BCUT2D eigenvalue weighted by molar-refractivity contribution is 6.07. The smallest absolute Gasteiger partial charge is 0.325 e. The van der Waals surface area contributed by atoms with Gasteiger partial charge >= 0.3 is 6.03 Å². The second kappa shape index (κ2) is 9.07. The van der Waals surface area contributed by atoms with E-state index in [9.17, 15) is 9.59 Å². The second-order valence-corrected chi connectivity index (χ2v) is 9.47. The summed E-state index contributed by atoms with van der Waals surface area (Å²) in [5.74, 6) is 2.10. The van der Waals surface area contributed by atoms with Crippen LogP contribution in [0.1, 0.15) is 46.5 Å². The lowest BCUT2D eigenvalue weighted by Crippen LogP contribution is -2.56. The van der Waals surface area contributed by atoms with Crippen LogP contribution in [-0.4, -0.2) is 66.2 Å². The summed E-state index contributed by atoms with van der Waals surface area (Å²) in [5, 5.41) is 3.08. The topological polar surface area (TPSA) is 71.1 Å². The average molecular weight is 430 g/mol. The molecule has 4 rings (SSSR count). The van der Waals surface area contributed by atoms with E-state index in [1.165, 1.54) is 11.3 Å². The molecule has 1 aromatic rings. The van der Waals surface area contributed by atoms with Gasteiger partial charge in [0.1, 0.15) is 12.1 Å². The van der Waals surface area contributed by atoms with Crippen molar-refractivity contribution in [3.63, 3.8) is 0 Å². The summed E-state index contributed by atoms with van der Waals surface area (Å²) in [6.07, 6.45) is 3.30. The van der Waals surface area contributed by atoms with Gasteiger partial charge in [-0.25, -0.2) is 4.79 Å². The van der Waals surface area contributed by atoms with E-state index in [1.54, 1.807) is 0 Å². The van der Waals surface area contributed by atoms with Crippen LogP contribution in [0.5, 0.6) is 11.5 Å². The zero-order chi connectivity index (χ0) is 22.0. The summed E-state index contributed by atoms with van der Waals surface area (Å²) in [6.45, 7) is 10.1. The Balaban J connectivity index is 1.39. The van der Waals surface area contributed by atoms with Crippen molar-refractivity contribution in [3.8, 4) is 11.5 Å². The summed E-state index contributed by atoms with van der Waals surface area (Å²) >= 11 is 0. The van der Waals surface area contributed by atoms with Crippen molar-refractivity contribution in [1.29, 1.82) is 0 Å². The molecule has 2 unspecified atom stereocenters. The first kappa shape index (κ1) is 21.9. The number of benzene rings is 1. The van der Waals surface area contributed by atoms with Crippen molar-refractivity contribution in [2.75, 3.05) is 32.8 Å². The number of hydrogen-bond donors (Lipinski definition) is 1. The van der Waals surface area contributed by atoms with Crippen molar-refractivity contribution in [2.45, 2.75) is 58.1 Å². The number of rotatable bonds is 7. The number of nitrogens with zero attached hydrogens (tertiary/aromatic N) is 2. The number of piperidine rings is 1. The number of fused-ring (bicyclic) bond motifs is 1. The lowest BCUT2D eigenvalue weighted by atomic mass is 9.75. The Morgan fingerprint density at radius 1 is 1.16 bits per heavy atom. The number of urea groups is 1. The van der Waals surface area contributed by atoms with E-state index in [-0.39, 0.29) is 30.5 Å². The Kier molecular flexibility index (Phi) is 6.42. The number of likely N-dealkylation sites (tertiary alicyclic amines) is 1. The van der Waals surface area contributed by atoms with Crippen LogP contribution in [0.3, 0.4) is 0 Å². The van der Waals surface area contributed by atoms with Gasteiger partial charge in [-0.1, -0.05) is 32.9 Å². The number of para-hydroxylation sites is 2. The van der Waals surface area contributed by atoms with Gasteiger partial charge in [0.05, 0.1) is 6.54 Å². The van der Waals surface area contributed by atoms with E-state index in [0.29, 0.717) is 30.4 Å². The van der Waals surface area contributed by atoms with Crippen LogP contribution in [-0.2, 0) is 4.79 Å². The highest BCUT2D eigenvalue weighted by Crippen LogP contribution is 2.37. The summed E-state index contributed by atoms with van der Waals surface area (Å²) in [5.41, 5.74) is -0.797. The van der Waals surface area contributed by atoms with Crippen molar-refractivity contribution in [2.24, 2.45) is 11.8 Å². The van der Waals surface area contributed by atoms with Gasteiger partial charge in [0, 0.05) is 0 Å². The molecule has 3 amide bonds. The Morgan fingerprint density at radius 2 is 1.87 bits per heavy atom. The zero-order valence-electron chi connectivity index (χ0n) is 18.9. The molecule has 0 saturated carbocycles. The minimum absolute atomic E-state index is 0.108. The van der Waals surface area contributed by atoms with Crippen molar-refractivity contribution >= 4 is 11.9 Å². The highest BCUT2D eigenvalue weighted by Gasteiger charge is 2.55. The molecule has 3 heterocycles. The number of carbonyl (C=O) groups is 2. The van der Waals surface area contributed by atoms with Crippen LogP contribution >= 0.6 is 0 Å². The molecule has 7 heteroatoms. The van der Waals surface area contributed by atoms with Gasteiger partial charge in [-0.05, 0) is 69.3 Å². The summed E-state index contributed by atoms with van der Waals surface area (Å²) in [6, 6.07) is 7.17. The van der Waals surface area contributed by atoms with Crippen LogP contribution in [0.2, 0.25) is 0 Å². The first-order chi connectivity index (χ1) is 14.9. The van der Waals surface area contributed by atoms with Gasteiger partial charge in [0.25, 0.3) is 5.91 Å². The number of hydrogen-bond acceptors (Lipinski definition) is 5. The van der Waals surface area contributed by atoms with Gasteiger partial charge < -0.3 is 19.7 Å². The molecular formula is C24H35N3O4. The normalized spacial score (nSPS) is 27.1. The van der Waals surface area contributed by atoms with E-state index in [4.69, 9.17) is 9.47 Å². The van der Waals surface area contributed by atoms with Gasteiger partial charge in [0.2, 0.25) is 0 Å².